The van der Waals surface area contributed by atoms with Crippen molar-refractivity contribution in [2.75, 3.05) is 13.1 Å². The Morgan fingerprint density at radius 1 is 1.05 bits per heavy atom. The normalized spacial score (nSPS) is 18.1. The van der Waals surface area contributed by atoms with Crippen molar-refractivity contribution in [2.24, 2.45) is 5.14 Å². The Kier molecular flexibility index (Phi) is 4.14. The Bertz CT molecular complexity index is 710. The van der Waals surface area contributed by atoms with E-state index in [4.69, 9.17) is 5.14 Å². The maximum atomic E-state index is 13.9. The predicted molar refractivity (Wildman–Crippen MR) is 70.4 cm³/mol. The van der Waals surface area contributed by atoms with Crippen LogP contribution in [-0.4, -0.2) is 34.2 Å². The van der Waals surface area contributed by atoms with Crippen molar-refractivity contribution < 1.29 is 21.2 Å². The van der Waals surface area contributed by atoms with E-state index in [2.05, 4.69) is 0 Å². The number of nitrogens with two attached hydrogens (primary N) is 1. The number of hydrogen-bond donors (Lipinski definition) is 1. The highest BCUT2D eigenvalue weighted by Crippen LogP contribution is 2.24. The molecule has 0 saturated carbocycles. The van der Waals surface area contributed by atoms with Crippen molar-refractivity contribution in [2.45, 2.75) is 29.1 Å². The van der Waals surface area contributed by atoms with E-state index in [-0.39, 0.29) is 0 Å². The van der Waals surface area contributed by atoms with Gasteiger partial charge in [0.05, 0.1) is 4.90 Å². The maximum Gasteiger partial charge on any atom is 0.245 e. The third-order valence-electron chi connectivity index (χ3n) is 3.16. The Hall–Kier alpha value is -1.03. The third kappa shape index (κ3) is 3.00. The van der Waals surface area contributed by atoms with E-state index in [1.54, 1.807) is 0 Å². The van der Waals surface area contributed by atoms with Gasteiger partial charge in [-0.15, -0.1) is 0 Å². The summed E-state index contributed by atoms with van der Waals surface area (Å²) in [4.78, 5) is -0.973. The van der Waals surface area contributed by atoms with Gasteiger partial charge in [0.15, 0.2) is 0 Å². The maximum absolute atomic E-state index is 13.9. The topological polar surface area (TPSA) is 97.5 Å². The zero-order chi connectivity index (χ0) is 15.0. The largest absolute Gasteiger partial charge is 0.245 e. The van der Waals surface area contributed by atoms with Gasteiger partial charge in [-0.25, -0.2) is 26.4 Å². The van der Waals surface area contributed by atoms with Crippen molar-refractivity contribution >= 4 is 20.0 Å². The molecule has 0 aromatic heterocycles. The fourth-order valence-corrected chi connectivity index (χ4v) is 4.20. The van der Waals surface area contributed by atoms with Gasteiger partial charge in [-0.2, -0.15) is 4.31 Å². The molecule has 1 aromatic rings. The number of hydrogen-bond acceptors (Lipinski definition) is 4. The van der Waals surface area contributed by atoms with Gasteiger partial charge in [-0.05, 0) is 31.0 Å². The van der Waals surface area contributed by atoms with Crippen LogP contribution in [0.2, 0.25) is 0 Å². The van der Waals surface area contributed by atoms with Crippen LogP contribution in [0.15, 0.2) is 28.0 Å². The molecule has 1 aromatic carbocycles. The van der Waals surface area contributed by atoms with E-state index < -0.39 is 35.7 Å². The number of rotatable bonds is 3. The van der Waals surface area contributed by atoms with Crippen LogP contribution in [0.5, 0.6) is 0 Å². The molecule has 0 radical (unpaired) electrons. The molecule has 112 valence electrons. The van der Waals surface area contributed by atoms with Gasteiger partial charge in [-0.3, -0.25) is 0 Å². The molecule has 20 heavy (non-hydrogen) atoms. The Balaban J connectivity index is 2.42. The van der Waals surface area contributed by atoms with Gasteiger partial charge in [0.1, 0.15) is 10.7 Å². The zero-order valence-electron chi connectivity index (χ0n) is 10.6. The van der Waals surface area contributed by atoms with Gasteiger partial charge < -0.3 is 0 Å². The second-order valence-electron chi connectivity index (χ2n) is 4.60. The summed E-state index contributed by atoms with van der Waals surface area (Å²) in [5.41, 5.74) is 0. The first-order chi connectivity index (χ1) is 9.23. The van der Waals surface area contributed by atoms with Crippen LogP contribution in [0.25, 0.3) is 0 Å². The second-order valence-corrected chi connectivity index (χ2v) is 8.07. The van der Waals surface area contributed by atoms with Crippen molar-refractivity contribution in [1.29, 1.82) is 0 Å². The average molecular weight is 322 g/mol. The van der Waals surface area contributed by atoms with Gasteiger partial charge in [0.2, 0.25) is 20.0 Å². The molecular formula is C11H15FN2O4S2. The minimum atomic E-state index is -4.06. The van der Waals surface area contributed by atoms with Crippen LogP contribution < -0.4 is 5.14 Å². The molecule has 1 heterocycles. The van der Waals surface area contributed by atoms with Gasteiger partial charge in [0.25, 0.3) is 0 Å². The molecule has 1 aliphatic heterocycles. The zero-order valence-corrected chi connectivity index (χ0v) is 12.3. The highest BCUT2D eigenvalue weighted by molar-refractivity contribution is 7.89. The van der Waals surface area contributed by atoms with Crippen LogP contribution in [0, 0.1) is 5.82 Å². The van der Waals surface area contributed by atoms with Crippen LogP contribution in [0.4, 0.5) is 4.39 Å². The predicted octanol–water partition coefficient (Wildman–Crippen LogP) is 0.648. The molecule has 2 rings (SSSR count). The molecule has 0 spiro atoms. The van der Waals surface area contributed by atoms with Gasteiger partial charge in [0, 0.05) is 13.1 Å². The number of halogens is 1. The molecule has 6 nitrogen and oxygen atoms in total. The SMILES string of the molecule is NS(=O)(=O)c1ccc(S(=O)(=O)N2CCCCC2)c(F)c1. The van der Waals surface area contributed by atoms with Gasteiger partial charge >= 0.3 is 0 Å². The minimum Gasteiger partial charge on any atom is -0.225 e. The molecule has 1 saturated heterocycles. The molecule has 1 fully saturated rings. The molecule has 0 bridgehead atoms. The number of benzene rings is 1. The first kappa shape index (κ1) is 15.4. The molecule has 0 unspecified atom stereocenters. The first-order valence-electron chi connectivity index (χ1n) is 6.05. The summed E-state index contributed by atoms with van der Waals surface area (Å²) in [6.45, 7) is 0.692. The summed E-state index contributed by atoms with van der Waals surface area (Å²) in [7, 11) is -7.99. The average Bonchev–Trinajstić information content (AvgIpc) is 2.38. The smallest absolute Gasteiger partial charge is 0.225 e. The van der Waals surface area contributed by atoms with Crippen LogP contribution in [-0.2, 0) is 20.0 Å². The highest BCUT2D eigenvalue weighted by atomic mass is 32.2. The molecular weight excluding hydrogens is 307 g/mol. The fraction of sp³-hybridized carbons (Fsp3) is 0.455. The molecule has 0 amide bonds. The molecule has 1 aliphatic rings. The standard InChI is InChI=1S/C11H15FN2O4S2/c12-10-8-9(19(13,15)16)4-5-11(10)20(17,18)14-6-2-1-3-7-14/h4-5,8H,1-3,6-7H2,(H2,13,15,16). The number of sulfonamides is 2. The van der Waals surface area contributed by atoms with Crippen molar-refractivity contribution in [3.8, 4) is 0 Å². The number of primary sulfonamides is 1. The lowest BCUT2D eigenvalue weighted by Gasteiger charge is -2.26. The van der Waals surface area contributed by atoms with Crippen molar-refractivity contribution in [3.05, 3.63) is 24.0 Å². The third-order valence-corrected chi connectivity index (χ3v) is 6.01. The van der Waals surface area contributed by atoms with Crippen LogP contribution >= 0.6 is 0 Å². The lowest BCUT2D eigenvalue weighted by molar-refractivity contribution is 0.345. The monoisotopic (exact) mass is 322 g/mol. The summed E-state index contributed by atoms with van der Waals surface area (Å²) in [5.74, 6) is -1.11. The first-order valence-corrected chi connectivity index (χ1v) is 9.04. The molecule has 0 aliphatic carbocycles. The molecule has 2 N–H and O–H groups in total. The van der Waals surface area contributed by atoms with E-state index in [1.807, 2.05) is 0 Å². The lowest BCUT2D eigenvalue weighted by atomic mass is 10.2. The Morgan fingerprint density at radius 2 is 1.65 bits per heavy atom. The summed E-state index contributed by atoms with van der Waals surface area (Å²) in [6.07, 6.45) is 2.41. The number of nitrogens with zero attached hydrogens (tertiary/aromatic N) is 1. The quantitative estimate of drug-likeness (QED) is 0.883. The summed E-state index contributed by atoms with van der Waals surface area (Å²) in [5, 5.41) is 4.87. The Labute approximate surface area is 117 Å². The molecule has 9 heteroatoms. The van der Waals surface area contributed by atoms with Gasteiger partial charge in [-0.1, -0.05) is 6.42 Å². The highest BCUT2D eigenvalue weighted by Gasteiger charge is 2.29. The van der Waals surface area contributed by atoms with Crippen molar-refractivity contribution in [3.63, 3.8) is 0 Å². The van der Waals surface area contributed by atoms with Crippen LogP contribution in [0.3, 0.4) is 0 Å². The Morgan fingerprint density at radius 3 is 2.15 bits per heavy atom. The fourth-order valence-electron chi connectivity index (χ4n) is 2.11. The lowest BCUT2D eigenvalue weighted by Crippen LogP contribution is -2.36. The summed E-state index contributed by atoms with van der Waals surface area (Å²) in [6, 6.07) is 2.57. The minimum absolute atomic E-state index is 0.346. The summed E-state index contributed by atoms with van der Waals surface area (Å²) >= 11 is 0. The second kappa shape index (κ2) is 5.40. The van der Waals surface area contributed by atoms with E-state index >= 15 is 0 Å². The van der Waals surface area contributed by atoms with Crippen LogP contribution in [0.1, 0.15) is 19.3 Å². The van der Waals surface area contributed by atoms with Crippen molar-refractivity contribution in [1.82, 2.24) is 4.31 Å². The van der Waals surface area contributed by atoms with E-state index in [9.17, 15) is 21.2 Å². The summed E-state index contributed by atoms with van der Waals surface area (Å²) < 4.78 is 61.9. The van der Waals surface area contributed by atoms with E-state index in [1.165, 1.54) is 4.31 Å². The van der Waals surface area contributed by atoms with E-state index in [0.717, 1.165) is 31.4 Å². The number of piperidine rings is 1. The molecule has 0 atom stereocenters. The van der Waals surface area contributed by atoms with E-state index in [0.29, 0.717) is 19.2 Å².